The average molecular weight is 367 g/mol. The van der Waals surface area contributed by atoms with E-state index in [4.69, 9.17) is 21.1 Å². The molecule has 1 unspecified atom stereocenters. The molecule has 2 aromatic rings. The molecule has 0 fully saturated rings. The van der Waals surface area contributed by atoms with E-state index in [1.807, 2.05) is 0 Å². The molecule has 1 atom stereocenters. The number of aliphatic imine (C=N–C) groups is 2. The largest absolute Gasteiger partial charge is 0.494 e. The first-order valence-electron chi connectivity index (χ1n) is 7.29. The molecule has 0 N–H and O–H groups in total. The van der Waals surface area contributed by atoms with Crippen molar-refractivity contribution in [3.8, 4) is 11.5 Å². The molecule has 1 aliphatic rings. The van der Waals surface area contributed by atoms with E-state index in [2.05, 4.69) is 9.98 Å². The van der Waals surface area contributed by atoms with E-state index in [-0.39, 0.29) is 16.0 Å². The van der Waals surface area contributed by atoms with Crippen LogP contribution in [0.25, 0.3) is 0 Å². The van der Waals surface area contributed by atoms with Gasteiger partial charge < -0.3 is 9.47 Å². The number of halogens is 3. The Morgan fingerprint density at radius 3 is 1.88 bits per heavy atom. The van der Waals surface area contributed by atoms with E-state index in [9.17, 15) is 8.78 Å². The van der Waals surface area contributed by atoms with Crippen molar-refractivity contribution in [1.29, 1.82) is 0 Å². The van der Waals surface area contributed by atoms with Crippen molar-refractivity contribution in [2.45, 2.75) is 5.62 Å². The van der Waals surface area contributed by atoms with Crippen LogP contribution in [0, 0.1) is 11.6 Å². The van der Waals surface area contributed by atoms with Crippen LogP contribution in [0.4, 0.5) is 20.2 Å². The predicted molar refractivity (Wildman–Crippen MR) is 94.0 cm³/mol. The van der Waals surface area contributed by atoms with Gasteiger partial charge in [-0.15, -0.1) is 0 Å². The van der Waals surface area contributed by atoms with Gasteiger partial charge >= 0.3 is 0 Å². The minimum Gasteiger partial charge on any atom is -0.494 e. The minimum absolute atomic E-state index is 0.0892. The molecule has 3 rings (SSSR count). The van der Waals surface area contributed by atoms with Crippen LogP contribution in [0.2, 0.25) is 0 Å². The molecule has 1 heterocycles. The van der Waals surface area contributed by atoms with Crippen molar-refractivity contribution in [3.05, 3.63) is 48.0 Å². The van der Waals surface area contributed by atoms with Crippen LogP contribution < -0.4 is 14.0 Å². The van der Waals surface area contributed by atoms with Crippen molar-refractivity contribution in [2.24, 2.45) is 9.98 Å². The Hall–Kier alpha value is -2.51. The molecule has 130 valence electrons. The molecule has 0 saturated carbocycles. The third-order valence-corrected chi connectivity index (χ3v) is 4.39. The maximum atomic E-state index is 14.3. The topological polar surface area (TPSA) is 43.2 Å². The van der Waals surface area contributed by atoms with Gasteiger partial charge in [0.05, 0.1) is 14.2 Å². The fourth-order valence-electron chi connectivity index (χ4n) is 2.69. The average Bonchev–Trinajstić information content (AvgIpc) is 2.62. The summed E-state index contributed by atoms with van der Waals surface area (Å²) >= 11 is 6.44. The summed E-state index contributed by atoms with van der Waals surface area (Å²) in [7, 11) is 2.75. The van der Waals surface area contributed by atoms with Gasteiger partial charge in [-0.1, -0.05) is 0 Å². The molecule has 2 aromatic carbocycles. The number of nitrogens with zero attached hydrogens (tertiary/aromatic N) is 3. The van der Waals surface area contributed by atoms with E-state index in [1.165, 1.54) is 51.2 Å². The first-order chi connectivity index (χ1) is 12.0. The van der Waals surface area contributed by atoms with Gasteiger partial charge in [-0.25, -0.2) is 8.78 Å². The summed E-state index contributed by atoms with van der Waals surface area (Å²) in [5, 5.41) is 0. The number of ether oxygens (including phenoxy) is 2. The molecular formula is C17H15ClF2N3O2+. The number of methoxy groups -OCH3 is 2. The van der Waals surface area contributed by atoms with Crippen molar-refractivity contribution in [3.63, 3.8) is 0 Å². The van der Waals surface area contributed by atoms with Gasteiger partial charge in [0.25, 0.3) is 5.62 Å². The maximum Gasteiger partial charge on any atom is 0.276 e. The first kappa shape index (κ1) is 17.3. The van der Waals surface area contributed by atoms with Crippen molar-refractivity contribution < 1.29 is 18.3 Å². The van der Waals surface area contributed by atoms with E-state index < -0.39 is 17.3 Å². The Bertz CT molecular complexity index is 804. The van der Waals surface area contributed by atoms with Crippen LogP contribution in [0.3, 0.4) is 0 Å². The van der Waals surface area contributed by atoms with Crippen LogP contribution in [-0.2, 0) is 0 Å². The zero-order chi connectivity index (χ0) is 18.0. The Morgan fingerprint density at radius 1 is 0.960 bits per heavy atom. The number of alkyl halides is 1. The summed E-state index contributed by atoms with van der Waals surface area (Å²) in [5.41, 5.74) is -0.0509. The van der Waals surface area contributed by atoms with Crippen LogP contribution in [-0.4, -0.2) is 32.5 Å². The molecule has 1 aliphatic heterocycles. The SMILES string of the molecule is COc1ccc([N+]2(c3ccc(OC)c(F)c3)C=NC=NC2Cl)cc1F. The van der Waals surface area contributed by atoms with Gasteiger partial charge in [0.15, 0.2) is 23.1 Å². The lowest BCUT2D eigenvalue weighted by Gasteiger charge is -2.35. The molecule has 0 bridgehead atoms. The van der Waals surface area contributed by atoms with Gasteiger partial charge in [0, 0.05) is 24.3 Å². The van der Waals surface area contributed by atoms with Gasteiger partial charge in [-0.05, 0) is 23.7 Å². The van der Waals surface area contributed by atoms with Crippen LogP contribution in [0.1, 0.15) is 0 Å². The highest BCUT2D eigenvalue weighted by atomic mass is 35.5. The second-order valence-electron chi connectivity index (χ2n) is 5.25. The quantitative estimate of drug-likeness (QED) is 0.462. The van der Waals surface area contributed by atoms with Gasteiger partial charge in [-0.3, -0.25) is 0 Å². The van der Waals surface area contributed by atoms with Gasteiger partial charge in [0.2, 0.25) is 6.34 Å². The lowest BCUT2D eigenvalue weighted by Crippen LogP contribution is -2.49. The second kappa shape index (κ2) is 6.78. The molecule has 0 aliphatic carbocycles. The molecule has 0 radical (unpaired) electrons. The monoisotopic (exact) mass is 366 g/mol. The molecule has 0 aromatic heterocycles. The van der Waals surface area contributed by atoms with Crippen molar-refractivity contribution in [1.82, 2.24) is 4.48 Å². The minimum atomic E-state index is -0.891. The highest BCUT2D eigenvalue weighted by Crippen LogP contribution is 2.41. The molecule has 0 spiro atoms. The summed E-state index contributed by atoms with van der Waals surface area (Å²) in [6, 6.07) is 8.74. The summed E-state index contributed by atoms with van der Waals surface area (Å²) in [5.74, 6) is -0.964. The van der Waals surface area contributed by atoms with E-state index >= 15 is 0 Å². The second-order valence-corrected chi connectivity index (χ2v) is 5.65. The smallest absolute Gasteiger partial charge is 0.276 e. The Balaban J connectivity index is 2.22. The summed E-state index contributed by atoms with van der Waals surface area (Å²) in [6.45, 7) is 0. The Kier molecular flexibility index (Phi) is 4.69. The molecule has 0 saturated heterocycles. The zero-order valence-corrected chi connectivity index (χ0v) is 14.2. The Labute approximate surface area is 148 Å². The fourth-order valence-corrected chi connectivity index (χ4v) is 3.01. The number of rotatable bonds is 4. The molecule has 0 amide bonds. The normalized spacial score (nSPS) is 18.2. The third-order valence-electron chi connectivity index (χ3n) is 3.97. The Morgan fingerprint density at radius 2 is 1.48 bits per heavy atom. The van der Waals surface area contributed by atoms with Gasteiger partial charge in [0.1, 0.15) is 17.7 Å². The maximum absolute atomic E-state index is 14.3. The van der Waals surface area contributed by atoms with Crippen molar-refractivity contribution >= 4 is 35.7 Å². The fraction of sp³-hybridized carbons (Fsp3) is 0.176. The third kappa shape index (κ3) is 2.85. The van der Waals surface area contributed by atoms with Crippen LogP contribution >= 0.6 is 11.6 Å². The summed E-state index contributed by atoms with van der Waals surface area (Å²) < 4.78 is 38.1. The number of hydrogen-bond acceptors (Lipinski definition) is 4. The predicted octanol–water partition coefficient (Wildman–Crippen LogP) is 4.21. The van der Waals surface area contributed by atoms with E-state index in [1.54, 1.807) is 12.1 Å². The van der Waals surface area contributed by atoms with E-state index in [0.717, 1.165) is 0 Å². The molecule has 8 heteroatoms. The number of quaternary nitrogens is 1. The molecular weight excluding hydrogens is 352 g/mol. The first-order valence-corrected chi connectivity index (χ1v) is 7.73. The van der Waals surface area contributed by atoms with E-state index in [0.29, 0.717) is 11.4 Å². The highest BCUT2D eigenvalue weighted by molar-refractivity contribution is 6.24. The van der Waals surface area contributed by atoms with Crippen molar-refractivity contribution in [2.75, 3.05) is 14.2 Å². The number of benzene rings is 2. The lowest BCUT2D eigenvalue weighted by atomic mass is 10.1. The zero-order valence-electron chi connectivity index (χ0n) is 13.5. The van der Waals surface area contributed by atoms with Gasteiger partial charge in [-0.2, -0.15) is 14.5 Å². The lowest BCUT2D eigenvalue weighted by molar-refractivity contribution is 0.384. The standard InChI is InChI=1S/C17H15ClF2N3O2/c1-24-15-5-3-11(7-13(15)19)23(10-21-9-22-17(23)18)12-4-6-16(25-2)14(20)8-12/h3-10,17H,1-2H3/q+1. The van der Waals surface area contributed by atoms with Crippen LogP contribution in [0.15, 0.2) is 46.4 Å². The molecule has 25 heavy (non-hydrogen) atoms. The van der Waals surface area contributed by atoms with Crippen LogP contribution in [0.5, 0.6) is 11.5 Å². The summed E-state index contributed by atoms with van der Waals surface area (Å²) in [4.78, 5) is 8.13. The number of hydrogen-bond donors (Lipinski definition) is 0. The highest BCUT2D eigenvalue weighted by Gasteiger charge is 2.42. The summed E-state index contributed by atoms with van der Waals surface area (Å²) in [6.07, 6.45) is 2.78. The molecule has 5 nitrogen and oxygen atoms in total.